The number of carbonyl (C=O) groups is 1. The van der Waals surface area contributed by atoms with E-state index in [-0.39, 0.29) is 18.1 Å². The van der Waals surface area contributed by atoms with Gasteiger partial charge in [0.2, 0.25) is 0 Å². The number of thioether (sulfide) groups is 1. The highest BCUT2D eigenvalue weighted by atomic mass is 35.5. The lowest BCUT2D eigenvalue weighted by atomic mass is 10.2. The number of furan rings is 1. The number of ether oxygens (including phenoxy) is 1. The molecule has 0 aliphatic heterocycles. The molecule has 31 heavy (non-hydrogen) atoms. The molecule has 3 aromatic heterocycles. The number of ketones is 1. The highest BCUT2D eigenvalue weighted by Gasteiger charge is 2.18. The number of hydrogen-bond acceptors (Lipinski definition) is 7. The van der Waals surface area contributed by atoms with Gasteiger partial charge in [0, 0.05) is 22.0 Å². The van der Waals surface area contributed by atoms with E-state index in [1.54, 1.807) is 30.5 Å². The Hall–Kier alpha value is -2.97. The van der Waals surface area contributed by atoms with E-state index in [1.807, 2.05) is 32.0 Å². The zero-order valence-electron chi connectivity index (χ0n) is 17.0. The highest BCUT2D eigenvalue weighted by molar-refractivity contribution is 7.99. The first-order valence-corrected chi connectivity index (χ1v) is 10.9. The van der Waals surface area contributed by atoms with Crippen LogP contribution in [0.1, 0.15) is 33.4 Å². The Bertz CT molecular complexity index is 1170. The molecule has 9 heteroatoms. The number of aryl methyl sites for hydroxylation is 1. The van der Waals surface area contributed by atoms with Crippen molar-refractivity contribution in [3.8, 4) is 5.75 Å². The van der Waals surface area contributed by atoms with Crippen molar-refractivity contribution in [2.24, 2.45) is 0 Å². The summed E-state index contributed by atoms with van der Waals surface area (Å²) in [6.45, 7) is 4.64. The van der Waals surface area contributed by atoms with E-state index in [4.69, 9.17) is 25.2 Å². The van der Waals surface area contributed by atoms with Gasteiger partial charge in [-0.1, -0.05) is 23.4 Å². The zero-order chi connectivity index (χ0) is 21.8. The van der Waals surface area contributed by atoms with Crippen LogP contribution >= 0.6 is 23.4 Å². The van der Waals surface area contributed by atoms with Gasteiger partial charge in [0.15, 0.2) is 12.4 Å². The molecular weight excluding hydrogens is 438 g/mol. The van der Waals surface area contributed by atoms with Gasteiger partial charge in [-0.15, -0.1) is 10.2 Å². The van der Waals surface area contributed by atoms with Crippen molar-refractivity contribution < 1.29 is 18.4 Å². The largest absolute Gasteiger partial charge is 0.484 e. The summed E-state index contributed by atoms with van der Waals surface area (Å²) in [6.07, 6.45) is 1.64. The third-order valence-corrected chi connectivity index (χ3v) is 5.79. The molecule has 7 nitrogen and oxygen atoms in total. The summed E-state index contributed by atoms with van der Waals surface area (Å²) in [6, 6.07) is 12.7. The van der Waals surface area contributed by atoms with Gasteiger partial charge in [0.25, 0.3) is 11.1 Å². The second kappa shape index (κ2) is 9.45. The van der Waals surface area contributed by atoms with Crippen LogP contribution in [0.5, 0.6) is 5.75 Å². The van der Waals surface area contributed by atoms with E-state index in [2.05, 4.69) is 14.8 Å². The fourth-order valence-electron chi connectivity index (χ4n) is 3.12. The molecular formula is C22H20ClN3O4S. The number of carbonyl (C=O) groups excluding carboxylic acids is 1. The molecule has 0 aliphatic carbocycles. The molecule has 0 radical (unpaired) electrons. The predicted octanol–water partition coefficient (Wildman–Crippen LogP) is 5.34. The first-order chi connectivity index (χ1) is 15.0. The fourth-order valence-corrected chi connectivity index (χ4v) is 3.91. The van der Waals surface area contributed by atoms with E-state index < -0.39 is 0 Å². The standard InChI is InChI=1S/C22H20ClN3O4S/c1-14-10-19(15(2)26(14)11-18-4-3-9-28-18)20(27)13-31-22-25-24-21(30-22)12-29-17-7-5-16(23)6-8-17/h3-10H,11-13H2,1-2H3. The summed E-state index contributed by atoms with van der Waals surface area (Å²) in [7, 11) is 0. The van der Waals surface area contributed by atoms with Crippen molar-refractivity contribution in [1.29, 1.82) is 0 Å². The first kappa shape index (κ1) is 21.3. The number of aromatic nitrogens is 3. The Kier molecular flexibility index (Phi) is 6.48. The lowest BCUT2D eigenvalue weighted by molar-refractivity contribution is 0.102. The van der Waals surface area contributed by atoms with E-state index in [0.29, 0.717) is 34.0 Å². The van der Waals surface area contributed by atoms with Gasteiger partial charge in [-0.2, -0.15) is 0 Å². The summed E-state index contributed by atoms with van der Waals surface area (Å²) in [5.74, 6) is 2.03. The first-order valence-electron chi connectivity index (χ1n) is 9.55. The van der Waals surface area contributed by atoms with Crippen LogP contribution in [0.2, 0.25) is 5.02 Å². The van der Waals surface area contributed by atoms with Crippen LogP contribution < -0.4 is 4.74 Å². The van der Waals surface area contributed by atoms with Gasteiger partial charge in [0.05, 0.1) is 18.6 Å². The minimum atomic E-state index is 0.000888. The minimum Gasteiger partial charge on any atom is -0.484 e. The molecule has 0 unspecified atom stereocenters. The second-order valence-corrected chi connectivity index (χ2v) is 8.23. The molecule has 0 amide bonds. The van der Waals surface area contributed by atoms with Crippen molar-refractivity contribution in [2.45, 2.75) is 32.2 Å². The van der Waals surface area contributed by atoms with Gasteiger partial charge in [-0.05, 0) is 56.3 Å². The number of benzene rings is 1. The van der Waals surface area contributed by atoms with Gasteiger partial charge in [-0.3, -0.25) is 4.79 Å². The Morgan fingerprint density at radius 2 is 2.00 bits per heavy atom. The van der Waals surface area contributed by atoms with Crippen molar-refractivity contribution in [3.05, 3.63) is 82.4 Å². The van der Waals surface area contributed by atoms with Gasteiger partial charge >= 0.3 is 0 Å². The Balaban J connectivity index is 1.33. The third-order valence-electron chi connectivity index (χ3n) is 4.72. The molecule has 3 heterocycles. The maximum atomic E-state index is 12.8. The average molecular weight is 458 g/mol. The quantitative estimate of drug-likeness (QED) is 0.248. The molecule has 4 aromatic rings. The van der Waals surface area contributed by atoms with Gasteiger partial charge < -0.3 is 18.1 Å². The Morgan fingerprint density at radius 3 is 2.74 bits per heavy atom. The Labute approximate surface area is 188 Å². The normalized spacial score (nSPS) is 11.1. The predicted molar refractivity (Wildman–Crippen MR) is 117 cm³/mol. The lowest BCUT2D eigenvalue weighted by Gasteiger charge is -2.07. The molecule has 0 N–H and O–H groups in total. The molecule has 4 rings (SSSR count). The number of rotatable bonds is 9. The summed E-state index contributed by atoms with van der Waals surface area (Å²) in [4.78, 5) is 12.8. The molecule has 0 saturated heterocycles. The molecule has 160 valence electrons. The highest BCUT2D eigenvalue weighted by Crippen LogP contribution is 2.23. The van der Waals surface area contributed by atoms with Crippen molar-refractivity contribution >= 4 is 29.1 Å². The summed E-state index contributed by atoms with van der Waals surface area (Å²) >= 11 is 7.06. The van der Waals surface area contributed by atoms with Crippen LogP contribution in [0.4, 0.5) is 0 Å². The zero-order valence-corrected chi connectivity index (χ0v) is 18.6. The average Bonchev–Trinajstić information content (AvgIpc) is 3.50. The third kappa shape index (κ3) is 5.21. The van der Waals surface area contributed by atoms with Crippen LogP contribution in [0, 0.1) is 13.8 Å². The van der Waals surface area contributed by atoms with E-state index in [9.17, 15) is 4.79 Å². The number of Topliss-reactive ketones (excluding diaryl/α,β-unsaturated/α-hetero) is 1. The van der Waals surface area contributed by atoms with Crippen LogP contribution in [0.15, 0.2) is 62.8 Å². The van der Waals surface area contributed by atoms with Crippen molar-refractivity contribution in [2.75, 3.05) is 5.75 Å². The molecule has 0 bridgehead atoms. The second-order valence-electron chi connectivity index (χ2n) is 6.87. The van der Waals surface area contributed by atoms with Crippen LogP contribution in [0.25, 0.3) is 0 Å². The molecule has 0 aliphatic rings. The van der Waals surface area contributed by atoms with Gasteiger partial charge in [-0.25, -0.2) is 0 Å². The maximum absolute atomic E-state index is 12.8. The topological polar surface area (TPSA) is 83.3 Å². The SMILES string of the molecule is Cc1cc(C(=O)CSc2nnc(COc3ccc(Cl)cc3)o2)c(C)n1Cc1ccco1. The van der Waals surface area contributed by atoms with E-state index in [0.717, 1.165) is 17.1 Å². The fraction of sp³-hybridized carbons (Fsp3) is 0.227. The summed E-state index contributed by atoms with van der Waals surface area (Å²) in [5.41, 5.74) is 2.59. The summed E-state index contributed by atoms with van der Waals surface area (Å²) in [5, 5.41) is 8.90. The van der Waals surface area contributed by atoms with Crippen LogP contribution in [-0.4, -0.2) is 26.3 Å². The maximum Gasteiger partial charge on any atom is 0.277 e. The monoisotopic (exact) mass is 457 g/mol. The summed E-state index contributed by atoms with van der Waals surface area (Å²) < 4.78 is 18.6. The molecule has 0 saturated carbocycles. The van der Waals surface area contributed by atoms with Crippen molar-refractivity contribution in [3.63, 3.8) is 0 Å². The number of hydrogen-bond donors (Lipinski definition) is 0. The number of nitrogens with zero attached hydrogens (tertiary/aromatic N) is 3. The van der Waals surface area contributed by atoms with E-state index >= 15 is 0 Å². The smallest absolute Gasteiger partial charge is 0.277 e. The minimum absolute atomic E-state index is 0.000888. The van der Waals surface area contributed by atoms with Crippen LogP contribution in [-0.2, 0) is 13.2 Å². The molecule has 0 fully saturated rings. The van der Waals surface area contributed by atoms with Gasteiger partial charge in [0.1, 0.15) is 11.5 Å². The van der Waals surface area contributed by atoms with Crippen molar-refractivity contribution in [1.82, 2.24) is 14.8 Å². The Morgan fingerprint density at radius 1 is 1.19 bits per heavy atom. The number of halogens is 1. The lowest BCUT2D eigenvalue weighted by Crippen LogP contribution is -2.07. The van der Waals surface area contributed by atoms with Crippen LogP contribution in [0.3, 0.4) is 0 Å². The molecule has 0 atom stereocenters. The molecule has 1 aromatic carbocycles. The molecule has 0 spiro atoms. The van der Waals surface area contributed by atoms with E-state index in [1.165, 1.54) is 11.8 Å².